The molecule has 2 rings (SSSR count). The van der Waals surface area contributed by atoms with Gasteiger partial charge in [-0.05, 0) is 30.5 Å². The van der Waals surface area contributed by atoms with Crippen molar-refractivity contribution in [2.75, 3.05) is 13.4 Å². The van der Waals surface area contributed by atoms with Crippen molar-refractivity contribution in [3.8, 4) is 11.5 Å². The van der Waals surface area contributed by atoms with E-state index in [0.717, 1.165) is 23.5 Å². The van der Waals surface area contributed by atoms with Crippen LogP contribution in [-0.2, 0) is 11.2 Å². The van der Waals surface area contributed by atoms with Crippen molar-refractivity contribution in [2.45, 2.75) is 32.2 Å². The molecule has 5 nitrogen and oxygen atoms in total. The lowest BCUT2D eigenvalue weighted by Crippen LogP contribution is -2.36. The van der Waals surface area contributed by atoms with E-state index in [9.17, 15) is 4.79 Å². The third-order valence-electron chi connectivity index (χ3n) is 3.16. The van der Waals surface area contributed by atoms with Gasteiger partial charge in [0, 0.05) is 6.42 Å². The van der Waals surface area contributed by atoms with E-state index in [4.69, 9.17) is 14.6 Å². The van der Waals surface area contributed by atoms with Crippen LogP contribution in [0, 0.1) is 0 Å². The first-order chi connectivity index (χ1) is 9.22. The number of amides is 1. The van der Waals surface area contributed by atoms with Crippen LogP contribution in [0.4, 0.5) is 0 Å². The van der Waals surface area contributed by atoms with Crippen molar-refractivity contribution in [1.82, 2.24) is 5.32 Å². The number of aliphatic hydroxyl groups excluding tert-OH is 1. The molecule has 1 atom stereocenters. The van der Waals surface area contributed by atoms with E-state index in [1.807, 2.05) is 25.1 Å². The first kappa shape index (κ1) is 13.7. The first-order valence-corrected chi connectivity index (χ1v) is 6.51. The summed E-state index contributed by atoms with van der Waals surface area (Å²) in [6.45, 7) is 2.17. The molecule has 0 aromatic heterocycles. The molecule has 0 saturated carbocycles. The second-order valence-electron chi connectivity index (χ2n) is 4.54. The Hall–Kier alpha value is -1.75. The Kier molecular flexibility index (Phi) is 4.63. The van der Waals surface area contributed by atoms with Gasteiger partial charge in [-0.3, -0.25) is 4.79 Å². The SMILES string of the molecule is CC[C@@H](CO)NC(=O)CCc1ccc2c(c1)OCO2. The predicted octanol–water partition coefficient (Wildman–Crippen LogP) is 1.23. The fraction of sp³-hybridized carbons (Fsp3) is 0.500. The number of hydrogen-bond donors (Lipinski definition) is 2. The lowest BCUT2D eigenvalue weighted by atomic mass is 10.1. The van der Waals surface area contributed by atoms with E-state index in [1.54, 1.807) is 0 Å². The van der Waals surface area contributed by atoms with Crippen LogP contribution in [0.2, 0.25) is 0 Å². The topological polar surface area (TPSA) is 67.8 Å². The molecular formula is C14H19NO4. The molecule has 5 heteroatoms. The molecule has 1 aromatic rings. The minimum absolute atomic E-state index is 0.0216. The molecule has 1 aliphatic heterocycles. The summed E-state index contributed by atoms with van der Waals surface area (Å²) in [6, 6.07) is 5.55. The smallest absolute Gasteiger partial charge is 0.231 e. The molecule has 0 radical (unpaired) electrons. The van der Waals surface area contributed by atoms with E-state index in [2.05, 4.69) is 5.32 Å². The van der Waals surface area contributed by atoms with Crippen LogP contribution < -0.4 is 14.8 Å². The summed E-state index contributed by atoms with van der Waals surface area (Å²) in [6.07, 6.45) is 1.77. The lowest BCUT2D eigenvalue weighted by molar-refractivity contribution is -0.122. The Balaban J connectivity index is 1.83. The number of carbonyl (C=O) groups excluding carboxylic acids is 1. The minimum atomic E-state index is -0.149. The van der Waals surface area contributed by atoms with Gasteiger partial charge in [0.25, 0.3) is 0 Å². The number of aryl methyl sites for hydroxylation is 1. The highest BCUT2D eigenvalue weighted by molar-refractivity contribution is 5.76. The van der Waals surface area contributed by atoms with Crippen molar-refractivity contribution in [3.05, 3.63) is 23.8 Å². The molecule has 1 heterocycles. The highest BCUT2D eigenvalue weighted by atomic mass is 16.7. The van der Waals surface area contributed by atoms with Crippen LogP contribution in [0.15, 0.2) is 18.2 Å². The summed E-state index contributed by atoms with van der Waals surface area (Å²) in [5.74, 6) is 1.44. The summed E-state index contributed by atoms with van der Waals surface area (Å²) < 4.78 is 10.5. The fourth-order valence-electron chi connectivity index (χ4n) is 1.93. The number of ether oxygens (including phenoxy) is 2. The van der Waals surface area contributed by atoms with Crippen molar-refractivity contribution in [2.24, 2.45) is 0 Å². The van der Waals surface area contributed by atoms with E-state index in [1.165, 1.54) is 0 Å². The molecule has 0 unspecified atom stereocenters. The second-order valence-corrected chi connectivity index (χ2v) is 4.54. The van der Waals surface area contributed by atoms with Gasteiger partial charge in [0.2, 0.25) is 12.7 Å². The maximum atomic E-state index is 11.7. The van der Waals surface area contributed by atoms with Gasteiger partial charge in [0.15, 0.2) is 11.5 Å². The molecule has 1 amide bonds. The second kappa shape index (κ2) is 6.43. The maximum absolute atomic E-state index is 11.7. The normalized spacial score (nSPS) is 14.2. The van der Waals surface area contributed by atoms with Crippen LogP contribution in [0.3, 0.4) is 0 Å². The zero-order chi connectivity index (χ0) is 13.7. The summed E-state index contributed by atoms with van der Waals surface area (Å²) in [7, 11) is 0. The summed E-state index contributed by atoms with van der Waals surface area (Å²) in [5.41, 5.74) is 1.04. The van der Waals surface area contributed by atoms with Gasteiger partial charge in [0.05, 0.1) is 12.6 Å². The molecular weight excluding hydrogens is 246 g/mol. The van der Waals surface area contributed by atoms with Gasteiger partial charge < -0.3 is 19.9 Å². The van der Waals surface area contributed by atoms with Crippen molar-refractivity contribution in [3.63, 3.8) is 0 Å². The Morgan fingerprint density at radius 3 is 2.95 bits per heavy atom. The predicted molar refractivity (Wildman–Crippen MR) is 70.2 cm³/mol. The number of fused-ring (bicyclic) bond motifs is 1. The zero-order valence-electron chi connectivity index (χ0n) is 11.0. The number of hydrogen-bond acceptors (Lipinski definition) is 4. The molecule has 0 spiro atoms. The monoisotopic (exact) mass is 265 g/mol. The number of rotatable bonds is 6. The average Bonchev–Trinajstić information content (AvgIpc) is 2.89. The van der Waals surface area contributed by atoms with Gasteiger partial charge in [-0.2, -0.15) is 0 Å². The number of aliphatic hydroxyl groups is 1. The molecule has 0 saturated heterocycles. The van der Waals surface area contributed by atoms with E-state index < -0.39 is 0 Å². The third kappa shape index (κ3) is 3.61. The quantitative estimate of drug-likeness (QED) is 0.812. The number of benzene rings is 1. The lowest BCUT2D eigenvalue weighted by Gasteiger charge is -2.13. The van der Waals surface area contributed by atoms with Gasteiger partial charge in [-0.1, -0.05) is 13.0 Å². The van der Waals surface area contributed by atoms with E-state index >= 15 is 0 Å². The average molecular weight is 265 g/mol. The van der Waals surface area contributed by atoms with Crippen LogP contribution in [0.25, 0.3) is 0 Å². The Labute approximate surface area is 112 Å². The van der Waals surface area contributed by atoms with Gasteiger partial charge in [0.1, 0.15) is 0 Å². The highest BCUT2D eigenvalue weighted by Gasteiger charge is 2.14. The zero-order valence-corrected chi connectivity index (χ0v) is 11.0. The molecule has 19 heavy (non-hydrogen) atoms. The molecule has 0 aliphatic carbocycles. The molecule has 2 N–H and O–H groups in total. The van der Waals surface area contributed by atoms with Crippen LogP contribution >= 0.6 is 0 Å². The van der Waals surface area contributed by atoms with Crippen LogP contribution in [-0.4, -0.2) is 30.5 Å². The molecule has 0 bridgehead atoms. The number of carbonyl (C=O) groups is 1. The summed E-state index contributed by atoms with van der Waals surface area (Å²) in [4.78, 5) is 11.7. The standard InChI is InChI=1S/C14H19NO4/c1-2-11(8-16)15-14(17)6-4-10-3-5-12-13(7-10)19-9-18-12/h3,5,7,11,16H,2,4,6,8-9H2,1H3,(H,15,17)/t11-/m0/s1. The minimum Gasteiger partial charge on any atom is -0.454 e. The van der Waals surface area contributed by atoms with Gasteiger partial charge in [-0.15, -0.1) is 0 Å². The summed E-state index contributed by atoms with van der Waals surface area (Å²) in [5, 5.41) is 11.8. The van der Waals surface area contributed by atoms with Crippen LogP contribution in [0.5, 0.6) is 11.5 Å². The molecule has 104 valence electrons. The Morgan fingerprint density at radius 1 is 1.42 bits per heavy atom. The highest BCUT2D eigenvalue weighted by Crippen LogP contribution is 2.32. The molecule has 1 aliphatic rings. The van der Waals surface area contributed by atoms with Gasteiger partial charge >= 0.3 is 0 Å². The third-order valence-corrected chi connectivity index (χ3v) is 3.16. The van der Waals surface area contributed by atoms with Crippen molar-refractivity contribution < 1.29 is 19.4 Å². The number of nitrogens with one attached hydrogen (secondary N) is 1. The Bertz CT molecular complexity index is 443. The molecule has 1 aromatic carbocycles. The maximum Gasteiger partial charge on any atom is 0.231 e. The van der Waals surface area contributed by atoms with Crippen LogP contribution in [0.1, 0.15) is 25.3 Å². The van der Waals surface area contributed by atoms with E-state index in [-0.39, 0.29) is 25.3 Å². The summed E-state index contributed by atoms with van der Waals surface area (Å²) >= 11 is 0. The Morgan fingerprint density at radius 2 is 2.21 bits per heavy atom. The first-order valence-electron chi connectivity index (χ1n) is 6.51. The van der Waals surface area contributed by atoms with E-state index in [0.29, 0.717) is 12.8 Å². The van der Waals surface area contributed by atoms with Gasteiger partial charge in [-0.25, -0.2) is 0 Å². The fourth-order valence-corrected chi connectivity index (χ4v) is 1.93. The van der Waals surface area contributed by atoms with Crippen molar-refractivity contribution in [1.29, 1.82) is 0 Å². The molecule has 0 fully saturated rings. The van der Waals surface area contributed by atoms with Crippen molar-refractivity contribution >= 4 is 5.91 Å². The largest absolute Gasteiger partial charge is 0.454 e.